The van der Waals surface area contributed by atoms with E-state index in [-0.39, 0.29) is 36.8 Å². The molecule has 1 aliphatic heterocycles. The van der Waals surface area contributed by atoms with Crippen molar-refractivity contribution >= 4 is 30.7 Å². The van der Waals surface area contributed by atoms with Crippen LogP contribution in [0, 0.1) is 0 Å². The fourth-order valence-electron chi connectivity index (χ4n) is 1.93. The zero-order chi connectivity index (χ0) is 12.8. The van der Waals surface area contributed by atoms with E-state index in [1.807, 2.05) is 19.2 Å². The summed E-state index contributed by atoms with van der Waals surface area (Å²) < 4.78 is 5.45. The van der Waals surface area contributed by atoms with Crippen molar-refractivity contribution < 1.29 is 9.53 Å². The van der Waals surface area contributed by atoms with Gasteiger partial charge in [-0.15, -0.1) is 24.8 Å². The first-order valence-corrected chi connectivity index (χ1v) is 6.23. The fraction of sp³-hybridized carbons (Fsp3) is 0.538. The Morgan fingerprint density at radius 3 is 2.75 bits per heavy atom. The van der Waals surface area contributed by atoms with Gasteiger partial charge in [0.25, 0.3) is 5.91 Å². The third-order valence-corrected chi connectivity index (χ3v) is 3.06. The van der Waals surface area contributed by atoms with Gasteiger partial charge in [0, 0.05) is 39.1 Å². The summed E-state index contributed by atoms with van der Waals surface area (Å²) in [5.41, 5.74) is 1.19. The lowest BCUT2D eigenvalue weighted by Crippen LogP contribution is -2.48. The Hall–Kier alpha value is -0.880. The summed E-state index contributed by atoms with van der Waals surface area (Å²) >= 11 is 0. The molecule has 1 saturated heterocycles. The van der Waals surface area contributed by atoms with E-state index in [9.17, 15) is 4.79 Å². The maximum atomic E-state index is 12.1. The van der Waals surface area contributed by atoms with Crippen LogP contribution in [-0.2, 0) is 16.0 Å². The zero-order valence-corrected chi connectivity index (χ0v) is 13.1. The molecule has 114 valence electrons. The number of nitrogens with one attached hydrogen (secondary N) is 1. The number of morpholine rings is 1. The first-order valence-electron chi connectivity index (χ1n) is 6.23. The van der Waals surface area contributed by atoms with E-state index in [1.54, 1.807) is 17.3 Å². The quantitative estimate of drug-likeness (QED) is 0.895. The number of hydrogen-bond acceptors (Lipinski definition) is 4. The van der Waals surface area contributed by atoms with Gasteiger partial charge in [-0.3, -0.25) is 9.78 Å². The molecule has 7 heteroatoms. The lowest BCUT2D eigenvalue weighted by Gasteiger charge is -2.27. The van der Waals surface area contributed by atoms with E-state index in [1.165, 1.54) is 5.56 Å². The molecular weight excluding hydrogens is 301 g/mol. The van der Waals surface area contributed by atoms with Crippen LogP contribution in [-0.4, -0.2) is 55.2 Å². The SMILES string of the molecule is CN(CCc1ccncc1)C(=O)C1CNCCO1.Cl.Cl. The van der Waals surface area contributed by atoms with Gasteiger partial charge >= 0.3 is 0 Å². The second-order valence-corrected chi connectivity index (χ2v) is 4.43. The van der Waals surface area contributed by atoms with Crippen LogP contribution in [0.25, 0.3) is 0 Å². The number of hydrogen-bond donors (Lipinski definition) is 1. The Morgan fingerprint density at radius 2 is 2.15 bits per heavy atom. The summed E-state index contributed by atoms with van der Waals surface area (Å²) in [6, 6.07) is 3.94. The van der Waals surface area contributed by atoms with Crippen molar-refractivity contribution in [3.05, 3.63) is 30.1 Å². The van der Waals surface area contributed by atoms with Crippen molar-refractivity contribution in [2.45, 2.75) is 12.5 Å². The molecule has 0 aromatic carbocycles. The number of ether oxygens (including phenoxy) is 1. The van der Waals surface area contributed by atoms with E-state index in [4.69, 9.17) is 4.74 Å². The van der Waals surface area contributed by atoms with Gasteiger partial charge in [0.05, 0.1) is 6.61 Å². The molecule has 1 aliphatic rings. The van der Waals surface area contributed by atoms with Crippen molar-refractivity contribution in [2.24, 2.45) is 0 Å². The molecule has 1 aromatic rings. The predicted molar refractivity (Wildman–Crippen MR) is 82.7 cm³/mol. The van der Waals surface area contributed by atoms with E-state index in [0.29, 0.717) is 19.7 Å². The molecule has 1 fully saturated rings. The Morgan fingerprint density at radius 1 is 1.45 bits per heavy atom. The number of amides is 1. The molecule has 5 nitrogen and oxygen atoms in total. The smallest absolute Gasteiger partial charge is 0.252 e. The average molecular weight is 322 g/mol. The summed E-state index contributed by atoms with van der Waals surface area (Å²) in [4.78, 5) is 17.8. The van der Waals surface area contributed by atoms with Crippen LogP contribution < -0.4 is 5.32 Å². The van der Waals surface area contributed by atoms with Crippen molar-refractivity contribution in [2.75, 3.05) is 33.3 Å². The number of rotatable bonds is 4. The van der Waals surface area contributed by atoms with Crippen molar-refractivity contribution in [3.63, 3.8) is 0 Å². The van der Waals surface area contributed by atoms with Crippen LogP contribution >= 0.6 is 24.8 Å². The molecule has 0 aliphatic carbocycles. The average Bonchev–Trinajstić information content (AvgIpc) is 2.46. The second-order valence-electron chi connectivity index (χ2n) is 4.43. The van der Waals surface area contributed by atoms with Gasteiger partial charge in [0.2, 0.25) is 0 Å². The van der Waals surface area contributed by atoms with Gasteiger partial charge < -0.3 is 15.0 Å². The third-order valence-electron chi connectivity index (χ3n) is 3.06. The summed E-state index contributed by atoms with van der Waals surface area (Å²) in [5.74, 6) is 0.0521. The molecule has 0 radical (unpaired) electrons. The molecule has 1 unspecified atom stereocenters. The van der Waals surface area contributed by atoms with Crippen LogP contribution in [0.15, 0.2) is 24.5 Å². The van der Waals surface area contributed by atoms with Crippen molar-refractivity contribution in [1.82, 2.24) is 15.2 Å². The maximum Gasteiger partial charge on any atom is 0.252 e. The highest BCUT2D eigenvalue weighted by atomic mass is 35.5. The highest BCUT2D eigenvalue weighted by Gasteiger charge is 2.24. The molecule has 20 heavy (non-hydrogen) atoms. The molecule has 0 saturated carbocycles. The standard InChI is InChI=1S/C13H19N3O2.2ClH/c1-16(8-4-11-2-5-14-6-3-11)13(17)12-10-15-7-9-18-12;;/h2-3,5-6,12,15H,4,7-10H2,1H3;2*1H. The minimum absolute atomic E-state index is 0. The fourth-order valence-corrected chi connectivity index (χ4v) is 1.93. The number of halogens is 2. The van der Waals surface area contributed by atoms with Crippen LogP contribution in [0.3, 0.4) is 0 Å². The van der Waals surface area contributed by atoms with Crippen LogP contribution in [0.1, 0.15) is 5.56 Å². The van der Waals surface area contributed by atoms with Crippen LogP contribution in [0.5, 0.6) is 0 Å². The number of aromatic nitrogens is 1. The summed E-state index contributed by atoms with van der Waals surface area (Å²) in [5, 5.41) is 3.16. The van der Waals surface area contributed by atoms with Gasteiger partial charge in [-0.05, 0) is 24.1 Å². The Labute approximate surface area is 131 Å². The molecule has 1 atom stereocenters. The summed E-state index contributed by atoms with van der Waals surface area (Å²) in [7, 11) is 1.82. The maximum absolute atomic E-state index is 12.1. The Kier molecular flexibility index (Phi) is 9.50. The molecule has 1 aromatic heterocycles. The molecular formula is C13H21Cl2N3O2. The zero-order valence-electron chi connectivity index (χ0n) is 11.4. The molecule has 2 heterocycles. The number of carbonyl (C=O) groups is 1. The highest BCUT2D eigenvalue weighted by molar-refractivity contribution is 5.85. The predicted octanol–water partition coefficient (Wildman–Crippen LogP) is 0.914. The summed E-state index contributed by atoms with van der Waals surface area (Å²) in [6.45, 7) is 2.74. The van der Waals surface area contributed by atoms with Gasteiger partial charge in [-0.1, -0.05) is 0 Å². The van der Waals surface area contributed by atoms with Gasteiger partial charge in [0.15, 0.2) is 0 Å². The lowest BCUT2D eigenvalue weighted by molar-refractivity contribution is -0.143. The van der Waals surface area contributed by atoms with E-state index >= 15 is 0 Å². The Balaban J connectivity index is 0.00000180. The number of nitrogens with zero attached hydrogens (tertiary/aromatic N) is 2. The third kappa shape index (κ3) is 5.63. The highest BCUT2D eigenvalue weighted by Crippen LogP contribution is 2.03. The molecule has 0 bridgehead atoms. The normalized spacial score (nSPS) is 17.6. The molecule has 1 N–H and O–H groups in total. The molecule has 2 rings (SSSR count). The number of pyridine rings is 1. The first kappa shape index (κ1) is 19.1. The van der Waals surface area contributed by atoms with Gasteiger partial charge in [0.1, 0.15) is 6.10 Å². The topological polar surface area (TPSA) is 54.5 Å². The number of likely N-dealkylation sites (N-methyl/N-ethyl adjacent to an activating group) is 1. The largest absolute Gasteiger partial charge is 0.366 e. The minimum atomic E-state index is -0.332. The lowest BCUT2D eigenvalue weighted by atomic mass is 10.2. The van der Waals surface area contributed by atoms with E-state index in [0.717, 1.165) is 13.0 Å². The summed E-state index contributed by atoms with van der Waals surface area (Å²) in [6.07, 6.45) is 4.04. The monoisotopic (exact) mass is 321 g/mol. The van der Waals surface area contributed by atoms with Crippen molar-refractivity contribution in [3.8, 4) is 0 Å². The number of carbonyl (C=O) groups excluding carboxylic acids is 1. The van der Waals surface area contributed by atoms with E-state index < -0.39 is 0 Å². The van der Waals surface area contributed by atoms with Gasteiger partial charge in [-0.2, -0.15) is 0 Å². The molecule has 1 amide bonds. The van der Waals surface area contributed by atoms with Gasteiger partial charge in [-0.25, -0.2) is 0 Å². The second kappa shape index (κ2) is 9.94. The van der Waals surface area contributed by atoms with E-state index in [2.05, 4.69) is 10.3 Å². The van der Waals surface area contributed by atoms with Crippen LogP contribution in [0.2, 0.25) is 0 Å². The first-order chi connectivity index (χ1) is 8.77. The Bertz CT molecular complexity index is 386. The molecule has 0 spiro atoms. The van der Waals surface area contributed by atoms with Crippen LogP contribution in [0.4, 0.5) is 0 Å². The van der Waals surface area contributed by atoms with Crippen molar-refractivity contribution in [1.29, 1.82) is 0 Å². The minimum Gasteiger partial charge on any atom is -0.366 e.